The first-order valence-corrected chi connectivity index (χ1v) is 11.4. The number of aromatic nitrogens is 1. The molecule has 0 radical (unpaired) electrons. The highest BCUT2D eigenvalue weighted by Gasteiger charge is 2.64. The standard InChI is InChI=1S/C21H21ClN2O8.C3H3NO/c1-24(2)14-7-5-6-10(16(27)12-9(25)4-3-8(22)11(12)15(6)26)18(29)21(7,32)19(30)13(17(14)28)20(23)31;1-2-4-5-3-1/h3-4,6-7,14-15,25-26,28-29,32H,5H2,1-2H3,(H2,23,31);1-3H/t6-,7-,14-,15-,21-;/m0./s1. The molecule has 1 aromatic carbocycles. The monoisotopic (exact) mass is 533 g/mol. The SMILES string of the molecule is CN(C)[C@@H]1C(O)=C(C(N)=O)C(=O)[C@@]2(O)C(O)=C3C(=O)c4c(O)ccc(Cl)c4[C@@H](O)[C@H]3C[C@@H]12.c1cnoc1. The van der Waals surface area contributed by atoms with Crippen molar-refractivity contribution in [1.29, 1.82) is 0 Å². The van der Waals surface area contributed by atoms with Crippen molar-refractivity contribution in [3.8, 4) is 5.75 Å². The van der Waals surface area contributed by atoms with E-state index in [0.717, 1.165) is 6.07 Å². The van der Waals surface area contributed by atoms with Crippen LogP contribution in [0.1, 0.15) is 28.4 Å². The Hall–Kier alpha value is -3.71. The van der Waals surface area contributed by atoms with Crippen molar-refractivity contribution in [1.82, 2.24) is 10.1 Å². The Kier molecular flexibility index (Phi) is 6.63. The summed E-state index contributed by atoms with van der Waals surface area (Å²) < 4.78 is 4.33. The summed E-state index contributed by atoms with van der Waals surface area (Å²) in [5, 5.41) is 57.8. The minimum Gasteiger partial charge on any atom is -0.510 e. The number of hydrogen-bond acceptors (Lipinski definition) is 11. The number of ketones is 2. The number of halogens is 1. The quantitative estimate of drug-likeness (QED) is 0.299. The molecule has 5 atom stereocenters. The van der Waals surface area contributed by atoms with E-state index in [1.165, 1.54) is 31.3 Å². The van der Waals surface area contributed by atoms with E-state index >= 15 is 0 Å². The number of hydrogen-bond donors (Lipinski definition) is 6. The first kappa shape index (κ1) is 26.4. The number of Topliss-reactive ketones (excluding diaryl/α,β-unsaturated/α-hetero) is 2. The molecular formula is C24H24ClN3O9. The van der Waals surface area contributed by atoms with Gasteiger partial charge in [-0.2, -0.15) is 0 Å². The lowest BCUT2D eigenvalue weighted by molar-refractivity contribution is -0.149. The molecule has 0 aliphatic heterocycles. The number of likely N-dealkylation sites (N-methyl/N-ethyl adjacent to an activating group) is 1. The average molecular weight is 534 g/mol. The number of fused-ring (bicyclic) bond motifs is 3. The number of rotatable bonds is 2. The molecule has 3 aliphatic rings. The average Bonchev–Trinajstić information content (AvgIpc) is 3.41. The second-order valence-corrected chi connectivity index (χ2v) is 9.56. The first-order chi connectivity index (χ1) is 17.3. The first-order valence-electron chi connectivity index (χ1n) is 11.0. The molecule has 0 unspecified atom stereocenters. The van der Waals surface area contributed by atoms with E-state index in [4.69, 9.17) is 17.3 Å². The third-order valence-electron chi connectivity index (χ3n) is 6.99. The number of aliphatic hydroxyl groups excluding tert-OH is 3. The fourth-order valence-electron chi connectivity index (χ4n) is 5.42. The van der Waals surface area contributed by atoms with Gasteiger partial charge in [0.25, 0.3) is 5.91 Å². The van der Waals surface area contributed by atoms with Crippen molar-refractivity contribution in [3.63, 3.8) is 0 Å². The summed E-state index contributed by atoms with van der Waals surface area (Å²) in [7, 11) is 3.03. The van der Waals surface area contributed by atoms with Crippen LogP contribution in [0.15, 0.2) is 57.8 Å². The minimum atomic E-state index is -2.77. The van der Waals surface area contributed by atoms with Crippen molar-refractivity contribution in [3.05, 3.63) is 69.5 Å². The Balaban J connectivity index is 0.000000572. The van der Waals surface area contributed by atoms with Crippen molar-refractivity contribution in [2.45, 2.75) is 24.2 Å². The zero-order valence-electron chi connectivity index (χ0n) is 19.6. The Morgan fingerprint density at radius 2 is 1.92 bits per heavy atom. The summed E-state index contributed by atoms with van der Waals surface area (Å²) in [4.78, 5) is 39.7. The number of benzene rings is 1. The number of phenols is 1. The lowest BCUT2D eigenvalue weighted by Crippen LogP contribution is -2.64. The Bertz CT molecular complexity index is 1330. The number of nitrogens with two attached hydrogens (primary N) is 1. The van der Waals surface area contributed by atoms with Crippen molar-refractivity contribution < 1.29 is 44.4 Å². The van der Waals surface area contributed by atoms with Gasteiger partial charge < -0.3 is 35.8 Å². The topological polar surface area (TPSA) is 208 Å². The van der Waals surface area contributed by atoms with E-state index in [2.05, 4.69) is 9.68 Å². The van der Waals surface area contributed by atoms with Crippen LogP contribution in [0.3, 0.4) is 0 Å². The third-order valence-corrected chi connectivity index (χ3v) is 7.32. The van der Waals surface area contributed by atoms with Gasteiger partial charge in [-0.25, -0.2) is 0 Å². The molecule has 3 aliphatic carbocycles. The van der Waals surface area contributed by atoms with E-state index in [-0.39, 0.29) is 22.6 Å². The van der Waals surface area contributed by atoms with E-state index in [0.29, 0.717) is 0 Å². The molecule has 5 rings (SSSR count). The Morgan fingerprint density at radius 1 is 1.24 bits per heavy atom. The highest BCUT2D eigenvalue weighted by Crippen LogP contribution is 2.55. The molecule has 0 saturated carbocycles. The molecule has 1 heterocycles. The highest BCUT2D eigenvalue weighted by molar-refractivity contribution is 6.33. The molecule has 12 nitrogen and oxygen atoms in total. The number of primary amides is 1. The van der Waals surface area contributed by atoms with E-state index < -0.39 is 75.5 Å². The number of aliphatic hydroxyl groups is 4. The molecule has 37 heavy (non-hydrogen) atoms. The zero-order valence-corrected chi connectivity index (χ0v) is 20.4. The van der Waals surface area contributed by atoms with Crippen LogP contribution in [-0.2, 0) is 9.59 Å². The summed E-state index contributed by atoms with van der Waals surface area (Å²) in [5.41, 5.74) is 0.739. The fourth-order valence-corrected chi connectivity index (χ4v) is 5.69. The van der Waals surface area contributed by atoms with Gasteiger partial charge in [-0.05, 0) is 38.7 Å². The van der Waals surface area contributed by atoms with Gasteiger partial charge in [0, 0.05) is 28.0 Å². The smallest absolute Gasteiger partial charge is 0.255 e. The molecule has 196 valence electrons. The molecular weight excluding hydrogens is 510 g/mol. The third kappa shape index (κ3) is 3.80. The van der Waals surface area contributed by atoms with Crippen LogP contribution in [0, 0.1) is 11.8 Å². The van der Waals surface area contributed by atoms with Gasteiger partial charge in [0.15, 0.2) is 11.4 Å². The van der Waals surface area contributed by atoms with Crippen LogP contribution in [0.25, 0.3) is 0 Å². The van der Waals surface area contributed by atoms with E-state index in [1.54, 1.807) is 12.3 Å². The summed E-state index contributed by atoms with van der Waals surface area (Å²) in [6.45, 7) is 0. The lowest BCUT2D eigenvalue weighted by atomic mass is 9.58. The maximum absolute atomic E-state index is 13.3. The predicted molar refractivity (Wildman–Crippen MR) is 126 cm³/mol. The molecule has 1 amide bonds. The molecule has 13 heteroatoms. The van der Waals surface area contributed by atoms with Gasteiger partial charge >= 0.3 is 0 Å². The largest absolute Gasteiger partial charge is 0.510 e. The van der Waals surface area contributed by atoms with Crippen LogP contribution in [0.2, 0.25) is 5.02 Å². The number of carbonyl (C=O) groups is 3. The summed E-state index contributed by atoms with van der Waals surface area (Å²) in [6.07, 6.45) is 1.39. The fraction of sp³-hybridized carbons (Fsp3) is 0.333. The number of phenolic OH excluding ortho intramolecular Hbond substituents is 1. The number of nitrogens with zero attached hydrogens (tertiary/aromatic N) is 2. The van der Waals surface area contributed by atoms with Crippen LogP contribution >= 0.6 is 11.6 Å². The van der Waals surface area contributed by atoms with Gasteiger partial charge in [0.1, 0.15) is 29.1 Å². The minimum absolute atomic E-state index is 0.0145. The molecule has 0 fully saturated rings. The van der Waals surface area contributed by atoms with Crippen molar-refractivity contribution >= 4 is 29.1 Å². The molecule has 0 bridgehead atoms. The predicted octanol–water partition coefficient (Wildman–Crippen LogP) is 0.940. The lowest BCUT2D eigenvalue weighted by Gasteiger charge is -2.50. The summed E-state index contributed by atoms with van der Waals surface area (Å²) >= 11 is 6.17. The summed E-state index contributed by atoms with van der Waals surface area (Å²) in [6, 6.07) is 3.02. The second-order valence-electron chi connectivity index (χ2n) is 9.16. The second kappa shape index (κ2) is 9.30. The number of amides is 1. The molecule has 1 aromatic heterocycles. The Labute approximate surface area is 214 Å². The van der Waals surface area contributed by atoms with E-state index in [1.807, 2.05) is 0 Å². The Morgan fingerprint density at radius 3 is 2.43 bits per heavy atom. The number of carbonyl (C=O) groups excluding carboxylic acids is 3. The normalized spacial score (nSPS) is 28.8. The zero-order chi connectivity index (χ0) is 27.4. The van der Waals surface area contributed by atoms with Crippen LogP contribution < -0.4 is 5.73 Å². The van der Waals surface area contributed by atoms with Crippen LogP contribution in [0.5, 0.6) is 5.75 Å². The van der Waals surface area contributed by atoms with Gasteiger partial charge in [0.05, 0.1) is 23.9 Å². The van der Waals surface area contributed by atoms with Crippen molar-refractivity contribution in [2.75, 3.05) is 14.1 Å². The van der Waals surface area contributed by atoms with Gasteiger partial charge in [-0.3, -0.25) is 19.3 Å². The maximum atomic E-state index is 13.3. The molecule has 2 aromatic rings. The van der Waals surface area contributed by atoms with Gasteiger partial charge in [-0.15, -0.1) is 0 Å². The van der Waals surface area contributed by atoms with Gasteiger partial charge in [0.2, 0.25) is 5.78 Å². The summed E-state index contributed by atoms with van der Waals surface area (Å²) in [5.74, 6) is -8.18. The maximum Gasteiger partial charge on any atom is 0.255 e. The van der Waals surface area contributed by atoms with Crippen molar-refractivity contribution in [2.24, 2.45) is 17.6 Å². The number of aromatic hydroxyl groups is 1. The molecule has 0 spiro atoms. The molecule has 7 N–H and O–H groups in total. The highest BCUT2D eigenvalue weighted by atomic mass is 35.5. The van der Waals surface area contributed by atoms with E-state index in [9.17, 15) is 39.9 Å². The van der Waals surface area contributed by atoms with Crippen LogP contribution in [0.4, 0.5) is 0 Å². The molecule has 0 saturated heterocycles. The van der Waals surface area contributed by atoms with Crippen LogP contribution in [-0.4, -0.2) is 78.8 Å². The van der Waals surface area contributed by atoms with Gasteiger partial charge in [-0.1, -0.05) is 16.8 Å².